The number of nitrogens with one attached hydrogen (secondary N) is 2. The average molecular weight is 399 g/mol. The molecule has 0 aliphatic carbocycles. The van der Waals surface area contributed by atoms with Gasteiger partial charge in [-0.25, -0.2) is 0 Å². The van der Waals surface area contributed by atoms with Crippen molar-refractivity contribution in [2.45, 2.75) is 53.9 Å². The molecule has 4 nitrogen and oxygen atoms in total. The van der Waals surface area contributed by atoms with E-state index in [9.17, 15) is 0 Å². The van der Waals surface area contributed by atoms with Crippen LogP contribution in [0.15, 0.2) is 4.99 Å². The quantitative estimate of drug-likeness (QED) is 0.270. The van der Waals surface area contributed by atoms with Crippen LogP contribution in [0.25, 0.3) is 0 Å². The van der Waals surface area contributed by atoms with Crippen LogP contribution < -0.4 is 10.6 Å². The van der Waals surface area contributed by atoms with Crippen LogP contribution in [0.2, 0.25) is 0 Å². The maximum Gasteiger partial charge on any atom is 0.191 e. The molecule has 20 heavy (non-hydrogen) atoms. The molecule has 0 radical (unpaired) electrons. The second-order valence-corrected chi connectivity index (χ2v) is 5.90. The predicted octanol–water partition coefficient (Wildman–Crippen LogP) is 3.41. The summed E-state index contributed by atoms with van der Waals surface area (Å²) in [6.45, 7) is 15.2. The van der Waals surface area contributed by atoms with Crippen molar-refractivity contribution in [1.29, 1.82) is 0 Å². The number of rotatable bonds is 9. The molecule has 0 aromatic heterocycles. The van der Waals surface area contributed by atoms with Gasteiger partial charge in [0.15, 0.2) is 5.96 Å². The van der Waals surface area contributed by atoms with E-state index in [1.807, 2.05) is 6.92 Å². The third-order valence-electron chi connectivity index (χ3n) is 2.66. The molecule has 0 atom stereocenters. The van der Waals surface area contributed by atoms with Crippen molar-refractivity contribution in [2.24, 2.45) is 10.4 Å². The Morgan fingerprint density at radius 1 is 1.10 bits per heavy atom. The zero-order valence-corrected chi connectivity index (χ0v) is 16.3. The van der Waals surface area contributed by atoms with Crippen molar-refractivity contribution in [3.63, 3.8) is 0 Å². The Kier molecular flexibility index (Phi) is 15.5. The molecule has 5 heteroatoms. The van der Waals surface area contributed by atoms with Crippen LogP contribution in [0, 0.1) is 5.41 Å². The molecule has 0 saturated carbocycles. The Morgan fingerprint density at radius 2 is 1.80 bits per heavy atom. The van der Waals surface area contributed by atoms with Crippen LogP contribution in [-0.4, -0.2) is 38.8 Å². The minimum atomic E-state index is 0. The van der Waals surface area contributed by atoms with Gasteiger partial charge in [-0.1, -0.05) is 20.8 Å². The van der Waals surface area contributed by atoms with Crippen LogP contribution >= 0.6 is 24.0 Å². The minimum Gasteiger partial charge on any atom is -0.382 e. The normalized spacial score (nSPS) is 11.9. The number of halogens is 1. The van der Waals surface area contributed by atoms with Crippen LogP contribution in [-0.2, 0) is 4.74 Å². The van der Waals surface area contributed by atoms with E-state index in [-0.39, 0.29) is 24.0 Å². The van der Waals surface area contributed by atoms with Crippen LogP contribution in [0.1, 0.15) is 53.9 Å². The Hall–Kier alpha value is -0.0400. The summed E-state index contributed by atoms with van der Waals surface area (Å²) in [5, 5.41) is 6.65. The van der Waals surface area contributed by atoms with E-state index in [1.54, 1.807) is 0 Å². The number of ether oxygens (including phenoxy) is 1. The molecule has 0 aromatic carbocycles. The van der Waals surface area contributed by atoms with E-state index >= 15 is 0 Å². The largest absolute Gasteiger partial charge is 0.382 e. The van der Waals surface area contributed by atoms with E-state index in [4.69, 9.17) is 4.74 Å². The number of hydrogen-bond acceptors (Lipinski definition) is 2. The smallest absolute Gasteiger partial charge is 0.191 e. The summed E-state index contributed by atoms with van der Waals surface area (Å²) in [6, 6.07) is 0. The molecule has 0 fully saturated rings. The molecular formula is C15H34IN3O. The van der Waals surface area contributed by atoms with Crippen molar-refractivity contribution in [2.75, 3.05) is 32.8 Å². The minimum absolute atomic E-state index is 0. The lowest BCUT2D eigenvalue weighted by atomic mass is 9.91. The molecule has 0 heterocycles. The molecule has 0 spiro atoms. The highest BCUT2D eigenvalue weighted by atomic mass is 127. The molecule has 122 valence electrons. The summed E-state index contributed by atoms with van der Waals surface area (Å²) in [5.74, 6) is 0.924. The molecule has 0 aromatic rings. The summed E-state index contributed by atoms with van der Waals surface area (Å²) < 4.78 is 5.30. The first-order chi connectivity index (χ1) is 8.99. The Morgan fingerprint density at radius 3 is 2.35 bits per heavy atom. The summed E-state index contributed by atoms with van der Waals surface area (Å²) in [7, 11) is 0. The van der Waals surface area contributed by atoms with Gasteiger partial charge in [-0.15, -0.1) is 24.0 Å². The molecule has 0 bridgehead atoms. The Balaban J connectivity index is 0. The SMILES string of the molecule is CCNC(=NCCCOCC)NCCCC(C)(C)C.I. The first-order valence-electron chi connectivity index (χ1n) is 7.59. The van der Waals surface area contributed by atoms with Crippen LogP contribution in [0.3, 0.4) is 0 Å². The lowest BCUT2D eigenvalue weighted by Crippen LogP contribution is -2.38. The summed E-state index contributed by atoms with van der Waals surface area (Å²) >= 11 is 0. The van der Waals surface area contributed by atoms with Crippen molar-refractivity contribution < 1.29 is 4.74 Å². The highest BCUT2D eigenvalue weighted by Crippen LogP contribution is 2.19. The second kappa shape index (κ2) is 13.9. The van der Waals surface area contributed by atoms with Gasteiger partial charge in [0.2, 0.25) is 0 Å². The fraction of sp³-hybridized carbons (Fsp3) is 0.933. The van der Waals surface area contributed by atoms with E-state index in [0.717, 1.165) is 45.2 Å². The zero-order chi connectivity index (χ0) is 14.6. The maximum absolute atomic E-state index is 5.30. The molecule has 2 N–H and O–H groups in total. The molecule has 0 rings (SSSR count). The number of nitrogens with zero attached hydrogens (tertiary/aromatic N) is 1. The van der Waals surface area contributed by atoms with Gasteiger partial charge in [0.1, 0.15) is 0 Å². The topological polar surface area (TPSA) is 45.7 Å². The summed E-state index contributed by atoms with van der Waals surface area (Å²) in [4.78, 5) is 4.53. The maximum atomic E-state index is 5.30. The van der Waals surface area contributed by atoms with Gasteiger partial charge in [-0.05, 0) is 38.5 Å². The molecule has 0 aliphatic heterocycles. The van der Waals surface area contributed by atoms with E-state index in [0.29, 0.717) is 5.41 Å². The van der Waals surface area contributed by atoms with Gasteiger partial charge in [-0.2, -0.15) is 0 Å². The van der Waals surface area contributed by atoms with Crippen molar-refractivity contribution >= 4 is 29.9 Å². The third kappa shape index (κ3) is 16.0. The predicted molar refractivity (Wildman–Crippen MR) is 99.2 cm³/mol. The number of guanidine groups is 1. The standard InChI is InChI=1S/C15H33N3O.HI/c1-6-16-14(18-12-9-13-19-7-2)17-11-8-10-15(3,4)5;/h6-13H2,1-5H3,(H2,16,17,18);1H. The van der Waals surface area contributed by atoms with E-state index < -0.39 is 0 Å². The average Bonchev–Trinajstić information content (AvgIpc) is 2.33. The lowest BCUT2D eigenvalue weighted by Gasteiger charge is -2.18. The van der Waals surface area contributed by atoms with Gasteiger partial charge in [0.25, 0.3) is 0 Å². The van der Waals surface area contributed by atoms with E-state index in [1.165, 1.54) is 12.8 Å². The monoisotopic (exact) mass is 399 g/mol. The van der Waals surface area contributed by atoms with Gasteiger partial charge in [0, 0.05) is 32.8 Å². The zero-order valence-electron chi connectivity index (χ0n) is 13.9. The van der Waals surface area contributed by atoms with Crippen molar-refractivity contribution in [3.8, 4) is 0 Å². The summed E-state index contributed by atoms with van der Waals surface area (Å²) in [5.41, 5.74) is 0.411. The fourth-order valence-electron chi connectivity index (χ4n) is 1.67. The van der Waals surface area contributed by atoms with Crippen LogP contribution in [0.5, 0.6) is 0 Å². The first kappa shape index (κ1) is 22.2. The van der Waals surface area contributed by atoms with Crippen molar-refractivity contribution in [1.82, 2.24) is 10.6 Å². The lowest BCUT2D eigenvalue weighted by molar-refractivity contribution is 0.146. The highest BCUT2D eigenvalue weighted by Gasteiger charge is 2.08. The first-order valence-corrected chi connectivity index (χ1v) is 7.59. The highest BCUT2D eigenvalue weighted by molar-refractivity contribution is 14.0. The van der Waals surface area contributed by atoms with Gasteiger partial charge in [-0.3, -0.25) is 4.99 Å². The molecule has 0 amide bonds. The van der Waals surface area contributed by atoms with Gasteiger partial charge in [0.05, 0.1) is 0 Å². The van der Waals surface area contributed by atoms with Gasteiger partial charge < -0.3 is 15.4 Å². The number of hydrogen-bond donors (Lipinski definition) is 2. The molecule has 0 aliphatic rings. The van der Waals surface area contributed by atoms with Crippen molar-refractivity contribution in [3.05, 3.63) is 0 Å². The second-order valence-electron chi connectivity index (χ2n) is 5.90. The van der Waals surface area contributed by atoms with E-state index in [2.05, 4.69) is 43.3 Å². The fourth-order valence-corrected chi connectivity index (χ4v) is 1.67. The Bertz CT molecular complexity index is 240. The molecular weight excluding hydrogens is 365 g/mol. The van der Waals surface area contributed by atoms with Gasteiger partial charge >= 0.3 is 0 Å². The molecule has 0 unspecified atom stereocenters. The summed E-state index contributed by atoms with van der Waals surface area (Å²) in [6.07, 6.45) is 3.38. The third-order valence-corrected chi connectivity index (χ3v) is 2.66. The molecule has 0 saturated heterocycles. The number of aliphatic imine (C=N–C) groups is 1. The van der Waals surface area contributed by atoms with Crippen LogP contribution in [0.4, 0.5) is 0 Å². The Labute approximate surface area is 142 Å².